The lowest BCUT2D eigenvalue weighted by Gasteiger charge is -2.13. The van der Waals surface area contributed by atoms with Gasteiger partial charge in [-0.15, -0.1) is 0 Å². The number of hydrogen-bond donors (Lipinski definition) is 1. The van der Waals surface area contributed by atoms with Crippen LogP contribution in [0.5, 0.6) is 0 Å². The third kappa shape index (κ3) is 4.46. The second-order valence-electron chi connectivity index (χ2n) is 3.71. The molecule has 1 aromatic carbocycles. The molecular formula is C11H8F7N. The van der Waals surface area contributed by atoms with E-state index in [0.717, 1.165) is 0 Å². The molecule has 0 atom stereocenters. The van der Waals surface area contributed by atoms with Crippen LogP contribution in [0, 0.1) is 0 Å². The summed E-state index contributed by atoms with van der Waals surface area (Å²) in [5.41, 5.74) is 1.42. The fourth-order valence-corrected chi connectivity index (χ4v) is 1.35. The summed E-state index contributed by atoms with van der Waals surface area (Å²) in [6.45, 7) is 0. The Labute approximate surface area is 103 Å². The Morgan fingerprint density at radius 1 is 0.947 bits per heavy atom. The second kappa shape index (κ2) is 5.10. The molecule has 0 unspecified atom stereocenters. The predicted molar refractivity (Wildman–Crippen MR) is 53.5 cm³/mol. The fourth-order valence-electron chi connectivity index (χ4n) is 1.35. The summed E-state index contributed by atoms with van der Waals surface area (Å²) in [6, 6.07) is 1.05. The second-order valence-corrected chi connectivity index (χ2v) is 3.71. The van der Waals surface area contributed by atoms with E-state index in [1.165, 1.54) is 0 Å². The summed E-state index contributed by atoms with van der Waals surface area (Å²) >= 11 is 0. The zero-order valence-electron chi connectivity index (χ0n) is 9.24. The van der Waals surface area contributed by atoms with Crippen LogP contribution in [-0.4, -0.2) is 0 Å². The van der Waals surface area contributed by atoms with Gasteiger partial charge in [0.1, 0.15) is 0 Å². The molecule has 0 bridgehead atoms. The Kier molecular flexibility index (Phi) is 4.12. The van der Waals surface area contributed by atoms with Gasteiger partial charge in [-0.25, -0.2) is 0 Å². The number of nitrogens with two attached hydrogens (primary N) is 1. The van der Waals surface area contributed by atoms with Crippen LogP contribution in [0.15, 0.2) is 30.2 Å². The molecule has 0 aliphatic heterocycles. The quantitative estimate of drug-likeness (QED) is 0.645. The van der Waals surface area contributed by atoms with Crippen molar-refractivity contribution in [1.82, 2.24) is 0 Å². The van der Waals surface area contributed by atoms with Crippen molar-refractivity contribution in [3.63, 3.8) is 0 Å². The Balaban J connectivity index is 3.29. The van der Waals surface area contributed by atoms with Crippen LogP contribution in [0.1, 0.15) is 16.7 Å². The molecule has 1 nitrogen and oxygen atoms in total. The van der Waals surface area contributed by atoms with Crippen molar-refractivity contribution in [3.8, 4) is 0 Å². The first kappa shape index (κ1) is 15.3. The molecule has 0 spiro atoms. The van der Waals surface area contributed by atoms with Crippen LogP contribution in [0.2, 0.25) is 0 Å². The largest absolute Gasteiger partial charge is 0.416 e. The SMILES string of the molecule is N/C(F)=C\Cc1cc(C(F)(F)F)cc(C(F)(F)F)c1. The highest BCUT2D eigenvalue weighted by Gasteiger charge is 2.36. The number of halogens is 7. The lowest BCUT2D eigenvalue weighted by atomic mass is 10.0. The van der Waals surface area contributed by atoms with Crippen LogP contribution < -0.4 is 5.73 Å². The fraction of sp³-hybridized carbons (Fsp3) is 0.273. The highest BCUT2D eigenvalue weighted by molar-refractivity contribution is 5.34. The highest BCUT2D eigenvalue weighted by Crippen LogP contribution is 2.36. The first-order valence-corrected chi connectivity index (χ1v) is 4.89. The zero-order valence-corrected chi connectivity index (χ0v) is 9.24. The third-order valence-corrected chi connectivity index (χ3v) is 2.18. The minimum atomic E-state index is -4.92. The number of allylic oxidation sites excluding steroid dienone is 1. The summed E-state index contributed by atoms with van der Waals surface area (Å²) in [4.78, 5) is 0. The van der Waals surface area contributed by atoms with E-state index in [9.17, 15) is 30.7 Å². The predicted octanol–water partition coefficient (Wildman–Crippen LogP) is 4.04. The van der Waals surface area contributed by atoms with E-state index in [4.69, 9.17) is 0 Å². The number of alkyl halides is 6. The lowest BCUT2D eigenvalue weighted by Crippen LogP contribution is -2.11. The highest BCUT2D eigenvalue weighted by atomic mass is 19.4. The van der Waals surface area contributed by atoms with Crippen molar-refractivity contribution < 1.29 is 30.7 Å². The zero-order chi connectivity index (χ0) is 14.8. The van der Waals surface area contributed by atoms with Crippen LogP contribution in [0.25, 0.3) is 0 Å². The van der Waals surface area contributed by atoms with Gasteiger partial charge in [-0.05, 0) is 36.3 Å². The monoisotopic (exact) mass is 287 g/mol. The molecule has 0 aliphatic carbocycles. The molecule has 0 aromatic heterocycles. The van der Waals surface area contributed by atoms with Crippen LogP contribution >= 0.6 is 0 Å². The van der Waals surface area contributed by atoms with E-state index < -0.39 is 35.9 Å². The maximum Gasteiger partial charge on any atom is 0.416 e. The molecule has 0 fully saturated rings. The lowest BCUT2D eigenvalue weighted by molar-refractivity contribution is -0.143. The molecule has 0 amide bonds. The Bertz CT molecular complexity index is 449. The molecular weight excluding hydrogens is 279 g/mol. The van der Waals surface area contributed by atoms with Crippen molar-refractivity contribution in [2.75, 3.05) is 0 Å². The molecule has 0 aliphatic rings. The van der Waals surface area contributed by atoms with Crippen LogP contribution in [0.4, 0.5) is 30.7 Å². The molecule has 1 aromatic rings. The van der Waals surface area contributed by atoms with Crippen molar-refractivity contribution in [2.45, 2.75) is 18.8 Å². The van der Waals surface area contributed by atoms with E-state index in [-0.39, 0.29) is 11.6 Å². The van der Waals surface area contributed by atoms with E-state index in [1.807, 2.05) is 0 Å². The standard InChI is InChI=1S/C11H8F7N/c12-9(19)2-1-6-3-7(10(13,14)15)5-8(4-6)11(16,17)18/h2-5H,1,19H2/b9-2-. The Morgan fingerprint density at radius 3 is 1.68 bits per heavy atom. The van der Waals surface area contributed by atoms with Crippen molar-refractivity contribution >= 4 is 0 Å². The van der Waals surface area contributed by atoms with Gasteiger partial charge in [-0.1, -0.05) is 0 Å². The molecule has 2 N–H and O–H groups in total. The molecule has 0 saturated carbocycles. The van der Waals surface area contributed by atoms with Gasteiger partial charge in [-0.3, -0.25) is 0 Å². The third-order valence-electron chi connectivity index (χ3n) is 2.18. The average Bonchev–Trinajstić information content (AvgIpc) is 2.23. The molecule has 19 heavy (non-hydrogen) atoms. The minimum Gasteiger partial charge on any atom is -0.376 e. The van der Waals surface area contributed by atoms with Gasteiger partial charge in [0.15, 0.2) is 5.95 Å². The Hall–Kier alpha value is -1.73. The van der Waals surface area contributed by atoms with Gasteiger partial charge < -0.3 is 5.73 Å². The number of hydrogen-bond acceptors (Lipinski definition) is 1. The van der Waals surface area contributed by atoms with Gasteiger partial charge in [0.05, 0.1) is 11.1 Å². The molecule has 106 valence electrons. The number of rotatable bonds is 2. The first-order chi connectivity index (χ1) is 8.50. The average molecular weight is 287 g/mol. The topological polar surface area (TPSA) is 26.0 Å². The maximum absolute atomic E-state index is 12.5. The maximum atomic E-state index is 12.5. The summed E-state index contributed by atoms with van der Waals surface area (Å²) < 4.78 is 87.0. The van der Waals surface area contributed by atoms with Crippen molar-refractivity contribution in [2.24, 2.45) is 5.73 Å². The first-order valence-electron chi connectivity index (χ1n) is 4.89. The number of benzene rings is 1. The summed E-state index contributed by atoms with van der Waals surface area (Å²) in [7, 11) is 0. The summed E-state index contributed by atoms with van der Waals surface area (Å²) in [6.07, 6.45) is -9.60. The summed E-state index contributed by atoms with van der Waals surface area (Å²) in [5.74, 6) is -1.18. The van der Waals surface area contributed by atoms with Crippen LogP contribution in [-0.2, 0) is 18.8 Å². The normalized spacial score (nSPS) is 13.7. The van der Waals surface area contributed by atoms with Crippen molar-refractivity contribution in [1.29, 1.82) is 0 Å². The molecule has 1 rings (SSSR count). The van der Waals surface area contributed by atoms with E-state index in [1.54, 1.807) is 0 Å². The molecule has 0 heterocycles. The van der Waals surface area contributed by atoms with Crippen molar-refractivity contribution in [3.05, 3.63) is 46.9 Å². The summed E-state index contributed by atoms with van der Waals surface area (Å²) in [5, 5.41) is 0. The van der Waals surface area contributed by atoms with Gasteiger partial charge in [0.25, 0.3) is 0 Å². The van der Waals surface area contributed by atoms with Gasteiger partial charge >= 0.3 is 12.4 Å². The van der Waals surface area contributed by atoms with Crippen LogP contribution in [0.3, 0.4) is 0 Å². The molecule has 0 saturated heterocycles. The Morgan fingerprint density at radius 2 is 1.37 bits per heavy atom. The van der Waals surface area contributed by atoms with Gasteiger partial charge in [0.2, 0.25) is 0 Å². The van der Waals surface area contributed by atoms with E-state index in [0.29, 0.717) is 18.2 Å². The van der Waals surface area contributed by atoms with E-state index in [2.05, 4.69) is 5.73 Å². The molecule has 8 heteroatoms. The molecule has 0 radical (unpaired) electrons. The minimum absolute atomic E-state index is 0.00597. The van der Waals surface area contributed by atoms with Gasteiger partial charge in [-0.2, -0.15) is 30.7 Å². The smallest absolute Gasteiger partial charge is 0.376 e. The van der Waals surface area contributed by atoms with Gasteiger partial charge in [0, 0.05) is 0 Å². The van der Waals surface area contributed by atoms with E-state index >= 15 is 0 Å².